The predicted octanol–water partition coefficient (Wildman–Crippen LogP) is 3.90. The van der Waals surface area contributed by atoms with Gasteiger partial charge in [-0.15, -0.1) is 0 Å². The average molecular weight is 572 g/mol. The van der Waals surface area contributed by atoms with Gasteiger partial charge in [-0.05, 0) is 62.7 Å². The summed E-state index contributed by atoms with van der Waals surface area (Å²) >= 11 is 0. The molecule has 0 radical (unpaired) electrons. The van der Waals surface area contributed by atoms with E-state index in [4.69, 9.17) is 9.47 Å². The van der Waals surface area contributed by atoms with Crippen LogP contribution < -0.4 is 19.1 Å². The number of nitrogens with zero attached hydrogens (tertiary/aromatic N) is 2. The van der Waals surface area contributed by atoms with Gasteiger partial charge in [0, 0.05) is 19.2 Å². The van der Waals surface area contributed by atoms with Crippen LogP contribution in [0, 0.1) is 12.7 Å². The van der Waals surface area contributed by atoms with E-state index in [1.54, 1.807) is 38.1 Å². The molecule has 0 spiro atoms. The second-order valence-electron chi connectivity index (χ2n) is 9.08. The fourth-order valence-electron chi connectivity index (χ4n) is 4.03. The molecule has 0 saturated carbocycles. The van der Waals surface area contributed by atoms with Crippen LogP contribution in [0.2, 0.25) is 0 Å². The lowest BCUT2D eigenvalue weighted by Crippen LogP contribution is -2.51. The number of carbonyl (C=O) groups is 2. The number of likely N-dealkylation sites (N-methyl/N-ethyl adjacent to an activating group) is 1. The van der Waals surface area contributed by atoms with E-state index in [2.05, 4.69) is 5.32 Å². The van der Waals surface area contributed by atoms with Crippen molar-refractivity contribution in [3.8, 4) is 11.5 Å². The zero-order valence-electron chi connectivity index (χ0n) is 23.2. The van der Waals surface area contributed by atoms with E-state index in [1.165, 1.54) is 61.6 Å². The van der Waals surface area contributed by atoms with Crippen molar-refractivity contribution in [1.29, 1.82) is 0 Å². The zero-order valence-corrected chi connectivity index (χ0v) is 24.0. The van der Waals surface area contributed by atoms with Crippen LogP contribution in [0.4, 0.5) is 10.1 Å². The molecule has 0 aliphatic heterocycles. The minimum absolute atomic E-state index is 0.0300. The second kappa shape index (κ2) is 13.3. The predicted molar refractivity (Wildman–Crippen MR) is 150 cm³/mol. The van der Waals surface area contributed by atoms with Gasteiger partial charge in [0.25, 0.3) is 10.0 Å². The van der Waals surface area contributed by atoms with Crippen LogP contribution in [0.15, 0.2) is 71.6 Å². The number of halogens is 1. The number of hydrogen-bond acceptors (Lipinski definition) is 6. The Bertz CT molecular complexity index is 1430. The monoisotopic (exact) mass is 571 g/mol. The Morgan fingerprint density at radius 1 is 0.975 bits per heavy atom. The van der Waals surface area contributed by atoms with Crippen molar-refractivity contribution in [3.63, 3.8) is 0 Å². The third-order valence-electron chi connectivity index (χ3n) is 6.33. The largest absolute Gasteiger partial charge is 0.497 e. The molecule has 0 aromatic heterocycles. The lowest BCUT2D eigenvalue weighted by Gasteiger charge is -2.32. The molecule has 1 N–H and O–H groups in total. The van der Waals surface area contributed by atoms with Crippen molar-refractivity contribution >= 4 is 27.5 Å². The number of sulfonamides is 1. The van der Waals surface area contributed by atoms with Gasteiger partial charge in [-0.25, -0.2) is 12.8 Å². The van der Waals surface area contributed by atoms with Gasteiger partial charge in [-0.2, -0.15) is 0 Å². The lowest BCUT2D eigenvalue weighted by atomic mass is 10.1. The van der Waals surface area contributed by atoms with Gasteiger partial charge in [0.1, 0.15) is 29.9 Å². The highest BCUT2D eigenvalue weighted by Crippen LogP contribution is 2.36. The fraction of sp³-hybridized carbons (Fsp3) is 0.310. The minimum atomic E-state index is -4.29. The molecule has 3 rings (SSSR count). The maximum atomic E-state index is 14.0. The molecule has 9 nitrogen and oxygen atoms in total. The molecule has 0 aliphatic rings. The molecule has 1 atom stereocenters. The molecular weight excluding hydrogens is 537 g/mol. The molecule has 3 aromatic carbocycles. The van der Waals surface area contributed by atoms with Gasteiger partial charge < -0.3 is 19.7 Å². The van der Waals surface area contributed by atoms with Gasteiger partial charge in [0.2, 0.25) is 11.8 Å². The van der Waals surface area contributed by atoms with Crippen LogP contribution in [0.3, 0.4) is 0 Å². The van der Waals surface area contributed by atoms with Gasteiger partial charge in [0.05, 0.1) is 24.8 Å². The quantitative estimate of drug-likeness (QED) is 0.354. The van der Waals surface area contributed by atoms with E-state index < -0.39 is 40.2 Å². The topological polar surface area (TPSA) is 105 Å². The third kappa shape index (κ3) is 7.09. The number of anilines is 1. The highest BCUT2D eigenvalue weighted by atomic mass is 32.2. The summed E-state index contributed by atoms with van der Waals surface area (Å²) in [5.74, 6) is -0.954. The maximum Gasteiger partial charge on any atom is 0.264 e. The Hall–Kier alpha value is -4.12. The number of methoxy groups -OCH3 is 2. The Labute approximate surface area is 234 Å². The molecule has 40 heavy (non-hydrogen) atoms. The summed E-state index contributed by atoms with van der Waals surface area (Å²) in [7, 11) is -1.46. The third-order valence-corrected chi connectivity index (χ3v) is 8.10. The van der Waals surface area contributed by atoms with Crippen LogP contribution >= 0.6 is 0 Å². The summed E-state index contributed by atoms with van der Waals surface area (Å²) in [6.45, 7) is 4.78. The van der Waals surface area contributed by atoms with Crippen LogP contribution in [-0.2, 0) is 26.2 Å². The number of nitrogens with one attached hydrogen (secondary N) is 1. The van der Waals surface area contributed by atoms with Crippen molar-refractivity contribution in [2.45, 2.75) is 38.3 Å². The normalized spacial score (nSPS) is 11.8. The highest BCUT2D eigenvalue weighted by Gasteiger charge is 2.34. The van der Waals surface area contributed by atoms with Gasteiger partial charge in [-0.3, -0.25) is 13.9 Å². The first-order valence-electron chi connectivity index (χ1n) is 12.6. The number of ether oxygens (including phenoxy) is 2. The number of amides is 2. The zero-order chi connectivity index (χ0) is 29.4. The summed E-state index contributed by atoms with van der Waals surface area (Å²) < 4.78 is 53.3. The van der Waals surface area contributed by atoms with Crippen molar-refractivity contribution in [2.24, 2.45) is 0 Å². The standard InChI is InChI=1S/C29H34FN3O6S/c1-6-31-29(35)21(3)32(18-22-9-11-23(30)12-10-22)28(34)19-33(26-17-24(38-4)13-16-27(26)39-5)40(36,37)25-14-7-20(2)8-15-25/h7-17,21H,6,18-19H2,1-5H3,(H,31,35)/t21-/m1/s1. The first-order chi connectivity index (χ1) is 19.0. The molecule has 0 bridgehead atoms. The first kappa shape index (κ1) is 30.4. The molecule has 2 amide bonds. The van der Waals surface area contributed by atoms with Crippen molar-refractivity contribution in [2.75, 3.05) is 31.6 Å². The molecular formula is C29H34FN3O6S. The van der Waals surface area contributed by atoms with Crippen molar-refractivity contribution < 1.29 is 31.9 Å². The SMILES string of the molecule is CCNC(=O)[C@@H](C)N(Cc1ccc(F)cc1)C(=O)CN(c1cc(OC)ccc1OC)S(=O)(=O)c1ccc(C)cc1. The summed E-state index contributed by atoms with van der Waals surface area (Å²) in [6.07, 6.45) is 0. The Kier molecular flexibility index (Phi) is 10.1. The second-order valence-corrected chi connectivity index (χ2v) is 10.9. The Morgan fingerprint density at radius 2 is 1.62 bits per heavy atom. The number of hydrogen-bond donors (Lipinski definition) is 1. The number of aryl methyl sites for hydroxylation is 1. The molecule has 0 heterocycles. The molecule has 0 saturated heterocycles. The number of benzene rings is 3. The molecule has 0 unspecified atom stereocenters. The molecule has 0 fully saturated rings. The highest BCUT2D eigenvalue weighted by molar-refractivity contribution is 7.92. The molecule has 214 valence electrons. The van der Waals surface area contributed by atoms with E-state index >= 15 is 0 Å². The summed E-state index contributed by atoms with van der Waals surface area (Å²) in [5.41, 5.74) is 1.52. The number of rotatable bonds is 12. The maximum absolute atomic E-state index is 14.0. The van der Waals surface area contributed by atoms with Gasteiger partial charge >= 0.3 is 0 Å². The minimum Gasteiger partial charge on any atom is -0.497 e. The fourth-order valence-corrected chi connectivity index (χ4v) is 5.45. The van der Waals surface area contributed by atoms with Gasteiger partial charge in [0.15, 0.2) is 0 Å². The molecule has 3 aromatic rings. The lowest BCUT2D eigenvalue weighted by molar-refractivity contribution is -0.139. The van der Waals surface area contributed by atoms with E-state index in [9.17, 15) is 22.4 Å². The summed E-state index contributed by atoms with van der Waals surface area (Å²) in [6, 6.07) is 15.4. The average Bonchev–Trinajstić information content (AvgIpc) is 2.95. The summed E-state index contributed by atoms with van der Waals surface area (Å²) in [4.78, 5) is 28.0. The molecule has 0 aliphatic carbocycles. The van der Waals surface area contributed by atoms with Crippen LogP contribution in [-0.4, -0.2) is 58.5 Å². The first-order valence-corrected chi connectivity index (χ1v) is 14.1. The van der Waals surface area contributed by atoms with Gasteiger partial charge in [-0.1, -0.05) is 29.8 Å². The van der Waals surface area contributed by atoms with Crippen LogP contribution in [0.25, 0.3) is 0 Å². The van der Waals surface area contributed by atoms with E-state index in [1.807, 2.05) is 6.92 Å². The van der Waals surface area contributed by atoms with E-state index in [0.29, 0.717) is 17.9 Å². The molecule has 11 heteroatoms. The van der Waals surface area contributed by atoms with Crippen LogP contribution in [0.1, 0.15) is 25.0 Å². The summed E-state index contributed by atoms with van der Waals surface area (Å²) in [5, 5.41) is 2.69. The Balaban J connectivity index is 2.12. The van der Waals surface area contributed by atoms with E-state index in [-0.39, 0.29) is 22.9 Å². The van der Waals surface area contributed by atoms with Crippen LogP contribution in [0.5, 0.6) is 11.5 Å². The van der Waals surface area contributed by atoms with Crippen molar-refractivity contribution in [1.82, 2.24) is 10.2 Å². The van der Waals surface area contributed by atoms with E-state index in [0.717, 1.165) is 9.87 Å². The Morgan fingerprint density at radius 3 is 2.20 bits per heavy atom. The van der Waals surface area contributed by atoms with Crippen molar-refractivity contribution in [3.05, 3.63) is 83.7 Å². The number of carbonyl (C=O) groups excluding carboxylic acids is 2. The smallest absolute Gasteiger partial charge is 0.264 e.